The molecule has 0 unspecified atom stereocenters. The Morgan fingerprint density at radius 2 is 2.36 bits per heavy atom. The van der Waals surface area contributed by atoms with Crippen LogP contribution in [0.2, 0.25) is 0 Å². The van der Waals surface area contributed by atoms with Crippen molar-refractivity contribution in [2.24, 2.45) is 0 Å². The summed E-state index contributed by atoms with van der Waals surface area (Å²) in [7, 11) is 0. The van der Waals surface area contributed by atoms with Gasteiger partial charge in [0.05, 0.1) is 6.42 Å². The van der Waals surface area contributed by atoms with Crippen molar-refractivity contribution in [2.75, 3.05) is 0 Å². The van der Waals surface area contributed by atoms with E-state index >= 15 is 0 Å². The number of aromatic nitrogens is 2. The highest BCUT2D eigenvalue weighted by atomic mass is 16.4. The van der Waals surface area contributed by atoms with Crippen LogP contribution in [0.5, 0.6) is 0 Å². The number of aromatic amines is 1. The highest BCUT2D eigenvalue weighted by Gasteiger charge is 2.06. The molecule has 1 aromatic heterocycles. The van der Waals surface area contributed by atoms with Crippen LogP contribution in [0.4, 0.5) is 0 Å². The van der Waals surface area contributed by atoms with Crippen molar-refractivity contribution in [3.8, 4) is 0 Å². The van der Waals surface area contributed by atoms with Crippen molar-refractivity contribution in [3.63, 3.8) is 0 Å². The molecule has 0 saturated carbocycles. The van der Waals surface area contributed by atoms with Gasteiger partial charge in [0.25, 0.3) is 5.56 Å². The van der Waals surface area contributed by atoms with Gasteiger partial charge in [-0.05, 0) is 6.42 Å². The quantitative estimate of drug-likeness (QED) is 0.727. The number of aryl methyl sites for hydroxylation is 1. The summed E-state index contributed by atoms with van der Waals surface area (Å²) in [6.45, 7) is 1.98. The zero-order valence-corrected chi connectivity index (χ0v) is 7.91. The summed E-state index contributed by atoms with van der Waals surface area (Å²) in [4.78, 5) is 28.2. The minimum absolute atomic E-state index is 0.192. The molecular weight excluding hydrogens is 184 g/mol. The van der Waals surface area contributed by atoms with Gasteiger partial charge in [0.1, 0.15) is 5.82 Å². The molecule has 1 rings (SSSR count). The number of carbonyl (C=O) groups is 1. The molecule has 0 aliphatic carbocycles. The van der Waals surface area contributed by atoms with Crippen LogP contribution in [0, 0.1) is 0 Å². The second-order valence-corrected chi connectivity index (χ2v) is 3.00. The van der Waals surface area contributed by atoms with E-state index in [4.69, 9.17) is 5.11 Å². The van der Waals surface area contributed by atoms with Gasteiger partial charge >= 0.3 is 5.97 Å². The molecule has 0 amide bonds. The first-order valence-corrected chi connectivity index (χ1v) is 4.42. The minimum Gasteiger partial charge on any atom is -0.481 e. The van der Waals surface area contributed by atoms with Gasteiger partial charge in [0.2, 0.25) is 0 Å². The van der Waals surface area contributed by atoms with Crippen molar-refractivity contribution >= 4 is 5.97 Å². The Hall–Kier alpha value is -1.65. The van der Waals surface area contributed by atoms with Crippen LogP contribution in [-0.4, -0.2) is 21.0 Å². The zero-order chi connectivity index (χ0) is 10.6. The summed E-state index contributed by atoms with van der Waals surface area (Å²) >= 11 is 0. The molecule has 0 saturated heterocycles. The van der Waals surface area contributed by atoms with Crippen molar-refractivity contribution in [1.82, 2.24) is 9.97 Å². The van der Waals surface area contributed by atoms with E-state index < -0.39 is 5.97 Å². The third kappa shape index (κ3) is 2.69. The Kier molecular flexibility index (Phi) is 3.39. The molecule has 0 spiro atoms. The molecule has 0 aromatic carbocycles. The van der Waals surface area contributed by atoms with E-state index in [1.807, 2.05) is 6.92 Å². The first kappa shape index (κ1) is 10.4. The third-order valence-corrected chi connectivity index (χ3v) is 1.75. The van der Waals surface area contributed by atoms with E-state index in [2.05, 4.69) is 9.97 Å². The zero-order valence-electron chi connectivity index (χ0n) is 7.91. The molecule has 5 heteroatoms. The second kappa shape index (κ2) is 4.55. The van der Waals surface area contributed by atoms with Gasteiger partial charge in [0.15, 0.2) is 0 Å². The predicted molar refractivity (Wildman–Crippen MR) is 50.2 cm³/mol. The number of carboxylic acid groups (broad SMARTS) is 1. The highest BCUT2D eigenvalue weighted by molar-refractivity contribution is 5.69. The molecule has 2 N–H and O–H groups in total. The second-order valence-electron chi connectivity index (χ2n) is 3.00. The fraction of sp³-hybridized carbons (Fsp3) is 0.444. The largest absolute Gasteiger partial charge is 0.481 e. The number of H-pyrrole nitrogens is 1. The van der Waals surface area contributed by atoms with E-state index in [1.54, 1.807) is 0 Å². The lowest BCUT2D eigenvalue weighted by Crippen LogP contribution is -2.18. The van der Waals surface area contributed by atoms with Gasteiger partial charge in [-0.2, -0.15) is 0 Å². The van der Waals surface area contributed by atoms with Crippen molar-refractivity contribution in [1.29, 1.82) is 0 Å². The Morgan fingerprint density at radius 1 is 1.64 bits per heavy atom. The molecule has 1 aromatic rings. The van der Waals surface area contributed by atoms with Gasteiger partial charge in [-0.15, -0.1) is 0 Å². The Bertz CT molecular complexity index is 384. The van der Waals surface area contributed by atoms with E-state index in [1.165, 1.54) is 6.20 Å². The molecule has 0 radical (unpaired) electrons. The monoisotopic (exact) mass is 196 g/mol. The predicted octanol–water partition coefficient (Wildman–Crippen LogP) is 0.349. The minimum atomic E-state index is -1.03. The molecule has 0 bridgehead atoms. The van der Waals surface area contributed by atoms with Crippen molar-refractivity contribution < 1.29 is 9.90 Å². The maximum absolute atomic E-state index is 11.3. The summed E-state index contributed by atoms with van der Waals surface area (Å²) in [5, 5.41) is 8.48. The lowest BCUT2D eigenvalue weighted by Gasteiger charge is -1.99. The van der Waals surface area contributed by atoms with Crippen LogP contribution in [0.25, 0.3) is 0 Å². The number of aliphatic carboxylic acids is 1. The smallest absolute Gasteiger partial charge is 0.308 e. The number of hydrogen-bond acceptors (Lipinski definition) is 3. The highest BCUT2D eigenvalue weighted by Crippen LogP contribution is 1.94. The summed E-state index contributed by atoms with van der Waals surface area (Å²) in [6, 6.07) is 0. The molecule has 76 valence electrons. The van der Waals surface area contributed by atoms with Gasteiger partial charge in [-0.1, -0.05) is 6.92 Å². The SMILES string of the molecule is CCCc1ncc(CC(=O)O)c(=O)[nH]1. The van der Waals surface area contributed by atoms with Crippen LogP contribution in [-0.2, 0) is 17.6 Å². The summed E-state index contributed by atoms with van der Waals surface area (Å²) < 4.78 is 0. The molecule has 5 nitrogen and oxygen atoms in total. The Morgan fingerprint density at radius 3 is 2.86 bits per heavy atom. The first-order chi connectivity index (χ1) is 6.63. The van der Waals surface area contributed by atoms with Crippen LogP contribution >= 0.6 is 0 Å². The molecule has 0 atom stereocenters. The molecular formula is C9H12N2O3. The van der Waals surface area contributed by atoms with E-state index in [0.717, 1.165) is 6.42 Å². The van der Waals surface area contributed by atoms with Crippen LogP contribution in [0.1, 0.15) is 24.7 Å². The van der Waals surface area contributed by atoms with Crippen LogP contribution < -0.4 is 5.56 Å². The number of nitrogens with one attached hydrogen (secondary N) is 1. The maximum atomic E-state index is 11.3. The van der Waals surface area contributed by atoms with E-state index in [9.17, 15) is 9.59 Å². The number of rotatable bonds is 4. The van der Waals surface area contributed by atoms with Gasteiger partial charge in [0, 0.05) is 18.2 Å². The first-order valence-electron chi connectivity index (χ1n) is 4.42. The summed E-state index contributed by atoms with van der Waals surface area (Å²) in [5.74, 6) is -0.424. The van der Waals surface area contributed by atoms with Crippen LogP contribution in [0.3, 0.4) is 0 Å². The fourth-order valence-electron chi connectivity index (χ4n) is 1.11. The molecule has 0 fully saturated rings. The topological polar surface area (TPSA) is 83.0 Å². The van der Waals surface area contributed by atoms with Gasteiger partial charge in [-0.25, -0.2) is 4.98 Å². The van der Waals surface area contributed by atoms with Crippen LogP contribution in [0.15, 0.2) is 11.0 Å². The summed E-state index contributed by atoms with van der Waals surface area (Å²) in [5.41, 5.74) is -0.164. The van der Waals surface area contributed by atoms with E-state index in [0.29, 0.717) is 12.2 Å². The van der Waals surface area contributed by atoms with Crippen molar-refractivity contribution in [3.05, 3.63) is 27.9 Å². The molecule has 14 heavy (non-hydrogen) atoms. The summed E-state index contributed by atoms with van der Waals surface area (Å²) in [6.07, 6.45) is 2.64. The Balaban J connectivity index is 2.90. The lowest BCUT2D eigenvalue weighted by atomic mass is 10.2. The molecule has 0 aliphatic rings. The number of hydrogen-bond donors (Lipinski definition) is 2. The number of carboxylic acids is 1. The lowest BCUT2D eigenvalue weighted by molar-refractivity contribution is -0.136. The Labute approximate surface area is 80.8 Å². The normalized spacial score (nSPS) is 10.1. The third-order valence-electron chi connectivity index (χ3n) is 1.75. The number of nitrogens with zero attached hydrogens (tertiary/aromatic N) is 1. The van der Waals surface area contributed by atoms with Gasteiger partial charge in [-0.3, -0.25) is 9.59 Å². The molecule has 1 heterocycles. The maximum Gasteiger partial charge on any atom is 0.308 e. The average Bonchev–Trinajstić information content (AvgIpc) is 2.10. The van der Waals surface area contributed by atoms with Gasteiger partial charge < -0.3 is 10.1 Å². The average molecular weight is 196 g/mol. The van der Waals surface area contributed by atoms with E-state index in [-0.39, 0.29) is 17.5 Å². The molecule has 0 aliphatic heterocycles. The fourth-order valence-corrected chi connectivity index (χ4v) is 1.11. The standard InChI is InChI=1S/C9H12N2O3/c1-2-3-7-10-5-6(4-8(12)13)9(14)11-7/h5H,2-4H2,1H3,(H,12,13)(H,10,11,14). The van der Waals surface area contributed by atoms with Crippen molar-refractivity contribution in [2.45, 2.75) is 26.2 Å².